The van der Waals surface area contributed by atoms with E-state index in [1.165, 1.54) is 62.3 Å². The lowest BCUT2D eigenvalue weighted by atomic mass is 9.61. The molecule has 2 saturated heterocycles. The maximum atomic E-state index is 6.99. The summed E-state index contributed by atoms with van der Waals surface area (Å²) in [6, 6.07) is 0. The van der Waals surface area contributed by atoms with E-state index in [9.17, 15) is 0 Å². The summed E-state index contributed by atoms with van der Waals surface area (Å²) in [5.41, 5.74) is 2.10. The minimum Gasteiger partial charge on any atom is -0.413 e. The van der Waals surface area contributed by atoms with Gasteiger partial charge in [-0.05, 0) is 159 Å². The van der Waals surface area contributed by atoms with E-state index in [1.54, 1.807) is 0 Å². The fourth-order valence-electron chi connectivity index (χ4n) is 9.07. The summed E-state index contributed by atoms with van der Waals surface area (Å²) in [6.45, 7) is 40.8. The van der Waals surface area contributed by atoms with Crippen LogP contribution in [0.5, 0.6) is 0 Å². The first kappa shape index (κ1) is 44.9. The van der Waals surface area contributed by atoms with Crippen LogP contribution in [0.4, 0.5) is 0 Å². The molecule has 2 atom stereocenters. The fraction of sp³-hybridized carbons (Fsp3) is 0.909. The summed E-state index contributed by atoms with van der Waals surface area (Å²) < 4.78 is 39.5. The van der Waals surface area contributed by atoms with Crippen LogP contribution >= 0.6 is 0 Å². The van der Waals surface area contributed by atoms with Crippen LogP contribution in [0.25, 0.3) is 0 Å². The lowest BCUT2D eigenvalue weighted by Gasteiger charge is -2.47. The first-order valence-electron chi connectivity index (χ1n) is 21.9. The molecule has 6 aliphatic rings. The Bertz CT molecular complexity index is 1350. The smallest absolute Gasteiger partial charge is 0.413 e. The second kappa shape index (κ2) is 14.8. The molecule has 0 aromatic heterocycles. The van der Waals surface area contributed by atoms with Gasteiger partial charge in [0, 0.05) is 5.41 Å². The quantitative estimate of drug-likeness (QED) is 0.250. The van der Waals surface area contributed by atoms with Gasteiger partial charge < -0.3 is 27.5 Å². The zero-order chi connectivity index (χ0) is 40.6. The van der Waals surface area contributed by atoms with Crippen LogP contribution in [0.2, 0.25) is 36.3 Å². The molecule has 308 valence electrons. The molecule has 0 N–H and O–H groups in total. The van der Waals surface area contributed by atoms with Crippen molar-refractivity contribution in [1.82, 2.24) is 0 Å². The molecule has 0 radical (unpaired) electrons. The van der Waals surface area contributed by atoms with Crippen LogP contribution in [0.3, 0.4) is 0 Å². The Morgan fingerprint density at radius 2 is 0.981 bits per heavy atom. The summed E-state index contributed by atoms with van der Waals surface area (Å²) in [7, 11) is -3.94. The van der Waals surface area contributed by atoms with E-state index in [-0.39, 0.29) is 57.5 Å². The third-order valence-electron chi connectivity index (χ3n) is 16.4. The van der Waals surface area contributed by atoms with E-state index in [2.05, 4.69) is 135 Å². The first-order valence-corrected chi connectivity index (χ1v) is 27.7. The normalized spacial score (nSPS) is 30.0. The summed E-state index contributed by atoms with van der Waals surface area (Å²) in [5.74, 6) is 0. The van der Waals surface area contributed by atoms with Crippen molar-refractivity contribution in [1.29, 1.82) is 0 Å². The van der Waals surface area contributed by atoms with Crippen molar-refractivity contribution in [2.45, 2.75) is 245 Å². The molecule has 0 aromatic rings. The molecular weight excluding hydrogens is 702 g/mol. The van der Waals surface area contributed by atoms with Crippen molar-refractivity contribution >= 4 is 30.9 Å². The van der Waals surface area contributed by atoms with Crippen LogP contribution in [0.15, 0.2) is 23.1 Å². The van der Waals surface area contributed by atoms with E-state index in [0.717, 1.165) is 25.7 Å². The van der Waals surface area contributed by atoms with Crippen molar-refractivity contribution in [2.24, 2.45) is 10.8 Å². The molecular formula is C44H82B2O6Si2. The molecule has 6 rings (SSSR count). The topological polar surface area (TPSA) is 55.4 Å². The number of allylic oxidation sites excluding steroid dienone is 2. The average molecular weight is 785 g/mol. The second-order valence-electron chi connectivity index (χ2n) is 23.4. The SMILES string of the molecule is CC1(C)OB(C2=CC3(CCCC3)C(O[Si](C)(C)C(C)(C)C)CC2)OC1(C)C.CC1(C)OB(C2=CCC(O[Si](C)(C)C(C)(C)C)C3(CCCC3)C2)OC1(C)C. The highest BCUT2D eigenvalue weighted by atomic mass is 28.4. The van der Waals surface area contributed by atoms with Gasteiger partial charge in [-0.25, -0.2) is 0 Å². The van der Waals surface area contributed by atoms with Crippen LogP contribution in [0.1, 0.15) is 174 Å². The molecule has 6 nitrogen and oxygen atoms in total. The van der Waals surface area contributed by atoms with E-state index in [1.807, 2.05) is 0 Å². The van der Waals surface area contributed by atoms with Gasteiger partial charge >= 0.3 is 14.2 Å². The van der Waals surface area contributed by atoms with E-state index >= 15 is 0 Å². The van der Waals surface area contributed by atoms with Gasteiger partial charge in [-0.15, -0.1) is 0 Å². The Kier molecular flexibility index (Phi) is 12.3. The lowest BCUT2D eigenvalue weighted by Crippen LogP contribution is -2.50. The molecule has 2 aliphatic heterocycles. The molecule has 4 fully saturated rings. The van der Waals surface area contributed by atoms with Crippen molar-refractivity contribution in [3.63, 3.8) is 0 Å². The first-order chi connectivity index (χ1) is 24.4. The molecule has 10 heteroatoms. The van der Waals surface area contributed by atoms with E-state index in [4.69, 9.17) is 27.5 Å². The highest BCUT2D eigenvalue weighted by Crippen LogP contribution is 2.55. The summed E-state index contributed by atoms with van der Waals surface area (Å²) >= 11 is 0. The highest BCUT2D eigenvalue weighted by Gasteiger charge is 2.57. The molecule has 0 amide bonds. The van der Waals surface area contributed by atoms with Gasteiger partial charge in [0.15, 0.2) is 16.6 Å². The zero-order valence-corrected chi connectivity index (χ0v) is 40.4. The predicted molar refractivity (Wildman–Crippen MR) is 233 cm³/mol. The van der Waals surface area contributed by atoms with Gasteiger partial charge in [-0.1, -0.05) is 79.4 Å². The van der Waals surface area contributed by atoms with Gasteiger partial charge in [0.05, 0.1) is 34.6 Å². The number of hydrogen-bond donors (Lipinski definition) is 0. The van der Waals surface area contributed by atoms with Gasteiger partial charge in [0.1, 0.15) is 0 Å². The Morgan fingerprint density at radius 3 is 1.41 bits per heavy atom. The van der Waals surface area contributed by atoms with Gasteiger partial charge in [0.25, 0.3) is 0 Å². The van der Waals surface area contributed by atoms with E-state index in [0.29, 0.717) is 12.2 Å². The van der Waals surface area contributed by atoms with Crippen molar-refractivity contribution in [2.75, 3.05) is 0 Å². The monoisotopic (exact) mass is 785 g/mol. The van der Waals surface area contributed by atoms with Crippen LogP contribution in [0, 0.1) is 10.8 Å². The van der Waals surface area contributed by atoms with Crippen molar-refractivity contribution < 1.29 is 27.5 Å². The zero-order valence-electron chi connectivity index (χ0n) is 38.4. The molecule has 2 spiro atoms. The fourth-order valence-corrected chi connectivity index (χ4v) is 11.9. The summed E-state index contributed by atoms with van der Waals surface area (Å²) in [6.07, 6.45) is 20.1. The largest absolute Gasteiger partial charge is 0.490 e. The van der Waals surface area contributed by atoms with Crippen LogP contribution in [-0.4, -0.2) is 65.5 Å². The highest BCUT2D eigenvalue weighted by molar-refractivity contribution is 6.74. The average Bonchev–Trinajstić information content (AvgIpc) is 3.76. The predicted octanol–water partition coefficient (Wildman–Crippen LogP) is 12.6. The Labute approximate surface area is 335 Å². The lowest BCUT2D eigenvalue weighted by molar-refractivity contribution is 0.00578. The van der Waals surface area contributed by atoms with Crippen molar-refractivity contribution in [3.8, 4) is 0 Å². The Morgan fingerprint density at radius 1 is 0.593 bits per heavy atom. The van der Waals surface area contributed by atoms with Gasteiger partial charge in [-0.3, -0.25) is 0 Å². The van der Waals surface area contributed by atoms with Crippen molar-refractivity contribution in [3.05, 3.63) is 23.1 Å². The van der Waals surface area contributed by atoms with Gasteiger partial charge in [-0.2, -0.15) is 0 Å². The molecule has 54 heavy (non-hydrogen) atoms. The van der Waals surface area contributed by atoms with E-state index < -0.39 is 16.6 Å². The minimum atomic E-state index is -1.78. The third-order valence-corrected chi connectivity index (χ3v) is 25.3. The molecule has 2 unspecified atom stereocenters. The molecule has 4 aliphatic carbocycles. The summed E-state index contributed by atoms with van der Waals surface area (Å²) in [5, 5.41) is 0.505. The molecule has 0 bridgehead atoms. The Balaban J connectivity index is 0.000000208. The van der Waals surface area contributed by atoms with Crippen LogP contribution < -0.4 is 0 Å². The Hall–Kier alpha value is -0.196. The second-order valence-corrected chi connectivity index (χ2v) is 32.9. The maximum Gasteiger partial charge on any atom is 0.490 e. The maximum absolute atomic E-state index is 6.99. The molecule has 2 heterocycles. The number of rotatable bonds is 6. The van der Waals surface area contributed by atoms with Crippen LogP contribution in [-0.2, 0) is 27.5 Å². The third kappa shape index (κ3) is 8.72. The van der Waals surface area contributed by atoms with Gasteiger partial charge in [0.2, 0.25) is 0 Å². The standard InChI is InChI=1S/2C22H41BO3Si/c2*1-19(2,3)27(8,9)24-18-13-12-17(16-22(18)14-10-11-15-22)23-25-20(4,5)21(6,7)26-23/h16,18H,10-15H2,1-9H3;12,18H,10-11,13-16H2,1-9H3. The number of hydrogen-bond acceptors (Lipinski definition) is 6. The molecule has 0 aromatic carbocycles. The minimum absolute atomic E-state index is 0.187. The summed E-state index contributed by atoms with van der Waals surface area (Å²) in [4.78, 5) is 0. The molecule has 2 saturated carbocycles.